The highest BCUT2D eigenvalue weighted by Crippen LogP contribution is 2.27. The maximum absolute atomic E-state index is 12.8. The van der Waals surface area contributed by atoms with E-state index in [0.29, 0.717) is 16.9 Å². The molecule has 4 aromatic rings. The summed E-state index contributed by atoms with van der Waals surface area (Å²) in [6.07, 6.45) is 1.08. The van der Waals surface area contributed by atoms with Gasteiger partial charge in [0.25, 0.3) is 11.8 Å². The molecule has 2 N–H and O–H groups in total. The number of carbonyl (C=O) groups excluding carboxylic acids is 2. The van der Waals surface area contributed by atoms with Gasteiger partial charge in [-0.15, -0.1) is 0 Å². The van der Waals surface area contributed by atoms with E-state index in [1.54, 1.807) is 18.2 Å². The highest BCUT2D eigenvalue weighted by Gasteiger charge is 2.14. The first-order valence-corrected chi connectivity index (χ1v) is 12.2. The topological polar surface area (TPSA) is 92.3 Å². The molecule has 0 saturated carbocycles. The molecule has 0 bridgehead atoms. The number of hydrogen-bond acceptors (Lipinski definition) is 4. The maximum Gasteiger partial charge on any atom is 0.256 e. The number of halogens is 1. The molecule has 166 valence electrons. The quantitative estimate of drug-likeness (QED) is 0.401. The smallest absolute Gasteiger partial charge is 0.256 e. The van der Waals surface area contributed by atoms with Crippen molar-refractivity contribution >= 4 is 55.4 Å². The Kier molecular flexibility index (Phi) is 6.18. The Hall–Kier alpha value is -3.68. The summed E-state index contributed by atoms with van der Waals surface area (Å²) in [6, 6.07) is 23.6. The monoisotopic (exact) mass is 478 g/mol. The van der Waals surface area contributed by atoms with Gasteiger partial charge in [0, 0.05) is 23.1 Å². The zero-order chi connectivity index (χ0) is 23.6. The van der Waals surface area contributed by atoms with Crippen molar-refractivity contribution in [2.75, 3.05) is 16.9 Å². The van der Waals surface area contributed by atoms with E-state index >= 15 is 0 Å². The minimum atomic E-state index is -3.44. The number of hydrogen-bond donors (Lipinski definition) is 2. The van der Waals surface area contributed by atoms with Crippen LogP contribution in [0.25, 0.3) is 10.8 Å². The van der Waals surface area contributed by atoms with Gasteiger partial charge in [-0.2, -0.15) is 0 Å². The second kappa shape index (κ2) is 9.05. The average Bonchev–Trinajstić information content (AvgIpc) is 2.80. The summed E-state index contributed by atoms with van der Waals surface area (Å²) >= 11 is 6.33. The first-order valence-electron chi connectivity index (χ1n) is 9.92. The number of benzene rings is 4. The molecular weight excluding hydrogens is 460 g/mol. The van der Waals surface area contributed by atoms with E-state index in [2.05, 4.69) is 10.6 Å². The van der Waals surface area contributed by atoms with Crippen LogP contribution in [-0.4, -0.2) is 26.5 Å². The van der Waals surface area contributed by atoms with Gasteiger partial charge in [0.15, 0.2) is 9.84 Å². The van der Waals surface area contributed by atoms with E-state index in [4.69, 9.17) is 11.6 Å². The second-order valence-corrected chi connectivity index (χ2v) is 9.85. The van der Waals surface area contributed by atoms with Crippen LogP contribution in [0.4, 0.5) is 11.4 Å². The number of nitrogens with one attached hydrogen (secondary N) is 2. The van der Waals surface area contributed by atoms with Crippen LogP contribution in [0.2, 0.25) is 5.02 Å². The molecule has 0 unspecified atom stereocenters. The molecule has 0 atom stereocenters. The van der Waals surface area contributed by atoms with Gasteiger partial charge in [-0.05, 0) is 53.2 Å². The molecule has 0 heterocycles. The van der Waals surface area contributed by atoms with Gasteiger partial charge >= 0.3 is 0 Å². The molecule has 4 aromatic carbocycles. The predicted octanol–water partition coefficient (Wildman–Crippen LogP) is 5.40. The maximum atomic E-state index is 12.8. The third kappa shape index (κ3) is 5.05. The third-order valence-corrected chi connectivity index (χ3v) is 6.46. The minimum absolute atomic E-state index is 0.0488. The normalized spacial score (nSPS) is 11.2. The molecule has 8 heteroatoms. The number of anilines is 2. The predicted molar refractivity (Wildman–Crippen MR) is 131 cm³/mol. The number of amides is 2. The Morgan fingerprint density at radius 1 is 0.788 bits per heavy atom. The summed E-state index contributed by atoms with van der Waals surface area (Å²) in [5.74, 6) is -0.785. The van der Waals surface area contributed by atoms with E-state index < -0.39 is 15.7 Å². The SMILES string of the molecule is CS(=O)(=O)c1cccc(C(=O)Nc2ccc(NC(=O)c3cccc4ccccc34)cc2Cl)c1. The van der Waals surface area contributed by atoms with Gasteiger partial charge in [0.1, 0.15) is 0 Å². The Bertz CT molecular complexity index is 1490. The molecule has 0 aliphatic heterocycles. The summed E-state index contributed by atoms with van der Waals surface area (Å²) in [5, 5.41) is 7.50. The Balaban J connectivity index is 1.51. The number of fused-ring (bicyclic) bond motifs is 1. The molecule has 33 heavy (non-hydrogen) atoms. The summed E-state index contributed by atoms with van der Waals surface area (Å²) < 4.78 is 23.5. The lowest BCUT2D eigenvalue weighted by atomic mass is 10.0. The molecule has 0 fully saturated rings. The Morgan fingerprint density at radius 3 is 2.27 bits per heavy atom. The van der Waals surface area contributed by atoms with E-state index in [1.165, 1.54) is 30.3 Å². The van der Waals surface area contributed by atoms with Crippen molar-refractivity contribution in [3.8, 4) is 0 Å². The van der Waals surface area contributed by atoms with Crippen molar-refractivity contribution in [2.45, 2.75) is 4.90 Å². The lowest BCUT2D eigenvalue weighted by molar-refractivity contribution is 0.101. The molecule has 0 saturated heterocycles. The largest absolute Gasteiger partial charge is 0.322 e. The third-order valence-electron chi connectivity index (χ3n) is 5.03. The van der Waals surface area contributed by atoms with Crippen molar-refractivity contribution < 1.29 is 18.0 Å². The van der Waals surface area contributed by atoms with Crippen LogP contribution in [-0.2, 0) is 9.84 Å². The fourth-order valence-corrected chi connectivity index (χ4v) is 4.27. The van der Waals surface area contributed by atoms with Crippen molar-refractivity contribution in [2.24, 2.45) is 0 Å². The first kappa shape index (κ1) is 22.5. The highest BCUT2D eigenvalue weighted by molar-refractivity contribution is 7.90. The molecule has 0 aliphatic carbocycles. The van der Waals surface area contributed by atoms with E-state index in [0.717, 1.165) is 17.0 Å². The zero-order valence-corrected chi connectivity index (χ0v) is 19.1. The lowest BCUT2D eigenvalue weighted by Gasteiger charge is -2.11. The number of sulfone groups is 1. The number of carbonyl (C=O) groups is 2. The van der Waals surface area contributed by atoms with E-state index in [-0.39, 0.29) is 21.4 Å². The number of rotatable bonds is 5. The molecule has 0 spiro atoms. The minimum Gasteiger partial charge on any atom is -0.322 e. The standard InChI is InChI=1S/C25H19ClN2O4S/c1-33(31,32)19-9-4-8-17(14-19)24(29)28-23-13-12-18(15-22(23)26)27-25(30)21-11-5-7-16-6-2-3-10-20(16)21/h2-15H,1H3,(H,27,30)(H,28,29). The van der Waals surface area contributed by atoms with Crippen molar-refractivity contribution in [3.63, 3.8) is 0 Å². The summed E-state index contributed by atoms with van der Waals surface area (Å²) in [5.41, 5.74) is 1.51. The Morgan fingerprint density at radius 2 is 1.52 bits per heavy atom. The zero-order valence-electron chi connectivity index (χ0n) is 17.5. The van der Waals surface area contributed by atoms with Crippen LogP contribution in [0.1, 0.15) is 20.7 Å². The second-order valence-electron chi connectivity index (χ2n) is 7.43. The van der Waals surface area contributed by atoms with Gasteiger partial charge in [0.2, 0.25) is 0 Å². The summed E-state index contributed by atoms with van der Waals surface area (Å²) in [4.78, 5) is 25.5. The van der Waals surface area contributed by atoms with Gasteiger partial charge in [-0.1, -0.05) is 54.1 Å². The van der Waals surface area contributed by atoms with Crippen LogP contribution in [0, 0.1) is 0 Å². The van der Waals surface area contributed by atoms with Gasteiger partial charge in [-0.25, -0.2) is 8.42 Å². The molecule has 0 aromatic heterocycles. The fraction of sp³-hybridized carbons (Fsp3) is 0.0400. The fourth-order valence-electron chi connectivity index (χ4n) is 3.38. The molecule has 0 aliphatic rings. The summed E-state index contributed by atoms with van der Waals surface area (Å²) in [7, 11) is -3.44. The highest BCUT2D eigenvalue weighted by atomic mass is 35.5. The Labute approximate surface area is 196 Å². The van der Waals surface area contributed by atoms with E-state index in [9.17, 15) is 18.0 Å². The van der Waals surface area contributed by atoms with Crippen LogP contribution in [0.5, 0.6) is 0 Å². The molecule has 0 radical (unpaired) electrons. The first-order chi connectivity index (χ1) is 15.7. The van der Waals surface area contributed by atoms with Crippen LogP contribution < -0.4 is 10.6 Å². The van der Waals surface area contributed by atoms with E-state index in [1.807, 2.05) is 36.4 Å². The molecular formula is C25H19ClN2O4S. The molecule has 6 nitrogen and oxygen atoms in total. The average molecular weight is 479 g/mol. The molecule has 2 amide bonds. The van der Waals surface area contributed by atoms with Crippen molar-refractivity contribution in [1.82, 2.24) is 0 Å². The lowest BCUT2D eigenvalue weighted by Crippen LogP contribution is -2.14. The van der Waals surface area contributed by atoms with Crippen molar-refractivity contribution in [1.29, 1.82) is 0 Å². The van der Waals surface area contributed by atoms with Crippen LogP contribution in [0.15, 0.2) is 89.8 Å². The van der Waals surface area contributed by atoms with Gasteiger partial charge in [0.05, 0.1) is 15.6 Å². The van der Waals surface area contributed by atoms with Gasteiger partial charge < -0.3 is 10.6 Å². The van der Waals surface area contributed by atoms with Gasteiger partial charge in [-0.3, -0.25) is 9.59 Å². The van der Waals surface area contributed by atoms with Crippen LogP contribution in [0.3, 0.4) is 0 Å². The van der Waals surface area contributed by atoms with Crippen LogP contribution >= 0.6 is 11.6 Å². The van der Waals surface area contributed by atoms with Crippen molar-refractivity contribution in [3.05, 3.63) is 101 Å². The summed E-state index contributed by atoms with van der Waals surface area (Å²) in [6.45, 7) is 0. The molecule has 4 rings (SSSR count).